The third-order valence-electron chi connectivity index (χ3n) is 5.08. The minimum atomic E-state index is -0.291. The maximum atomic E-state index is 12.6. The standard InChI is InChI=1S/C24H30N2O2/c1-6-11-28-22-10-7-15(2)12-21(22)24(23(17(4)26)18(5)27)20-9-8-19(14-25)13-16(20)3/h7-9,12-13,22,24H,6,10-11,26H2,1-5H3/b23-17-/t22?,24-/m0/s1. The van der Waals surface area contributed by atoms with E-state index in [1.165, 1.54) is 0 Å². The molecule has 148 valence electrons. The fraction of sp³-hybridized carbons (Fsp3) is 0.417. The minimum Gasteiger partial charge on any atom is -0.402 e. The number of rotatable bonds is 7. The Kier molecular flexibility index (Phi) is 7.37. The molecule has 2 atom stereocenters. The van der Waals surface area contributed by atoms with Crippen molar-refractivity contribution >= 4 is 5.78 Å². The van der Waals surface area contributed by atoms with Crippen LogP contribution in [0.2, 0.25) is 0 Å². The van der Waals surface area contributed by atoms with Crippen molar-refractivity contribution in [3.8, 4) is 6.07 Å². The molecule has 0 aromatic heterocycles. The molecule has 0 amide bonds. The van der Waals surface area contributed by atoms with Gasteiger partial charge >= 0.3 is 0 Å². The van der Waals surface area contributed by atoms with Crippen molar-refractivity contribution in [2.75, 3.05) is 6.61 Å². The number of benzene rings is 1. The predicted molar refractivity (Wildman–Crippen MR) is 113 cm³/mol. The van der Waals surface area contributed by atoms with E-state index in [1.54, 1.807) is 19.9 Å². The van der Waals surface area contributed by atoms with Gasteiger partial charge in [-0.25, -0.2) is 0 Å². The number of ketones is 1. The SMILES string of the molecule is CCCOC1CC=C(C)C=C1[C@@H](/C(C(C)=O)=C(/C)N)c1ccc(C#N)cc1C. The van der Waals surface area contributed by atoms with Gasteiger partial charge < -0.3 is 10.5 Å². The van der Waals surface area contributed by atoms with Gasteiger partial charge in [0.2, 0.25) is 0 Å². The number of carbonyl (C=O) groups excluding carboxylic acids is 1. The molecule has 2 rings (SSSR count). The molecule has 0 heterocycles. The first-order valence-electron chi connectivity index (χ1n) is 9.77. The van der Waals surface area contributed by atoms with Crippen LogP contribution in [0.25, 0.3) is 0 Å². The summed E-state index contributed by atoms with van der Waals surface area (Å²) in [6, 6.07) is 7.78. The molecule has 1 aliphatic carbocycles. The summed E-state index contributed by atoms with van der Waals surface area (Å²) in [5, 5.41) is 9.23. The molecule has 0 aliphatic heterocycles. The van der Waals surface area contributed by atoms with E-state index in [0.717, 1.165) is 35.1 Å². The fourth-order valence-corrected chi connectivity index (χ4v) is 3.82. The van der Waals surface area contributed by atoms with Gasteiger partial charge in [0.15, 0.2) is 5.78 Å². The van der Waals surface area contributed by atoms with Crippen LogP contribution in [0.4, 0.5) is 0 Å². The topological polar surface area (TPSA) is 76.1 Å². The Bertz CT molecular complexity index is 880. The van der Waals surface area contributed by atoms with E-state index in [-0.39, 0.29) is 17.8 Å². The van der Waals surface area contributed by atoms with Crippen LogP contribution in [0.1, 0.15) is 63.1 Å². The molecule has 0 radical (unpaired) electrons. The molecular weight excluding hydrogens is 348 g/mol. The van der Waals surface area contributed by atoms with Crippen molar-refractivity contribution in [1.29, 1.82) is 5.26 Å². The Morgan fingerprint density at radius 2 is 2.07 bits per heavy atom. The second-order valence-electron chi connectivity index (χ2n) is 7.46. The first-order valence-corrected chi connectivity index (χ1v) is 9.77. The molecule has 1 unspecified atom stereocenters. The number of aryl methyl sites for hydroxylation is 1. The normalized spacial score (nSPS) is 18.5. The smallest absolute Gasteiger partial charge is 0.158 e. The van der Waals surface area contributed by atoms with Gasteiger partial charge in [-0.3, -0.25) is 4.79 Å². The van der Waals surface area contributed by atoms with E-state index in [9.17, 15) is 10.1 Å². The Morgan fingerprint density at radius 1 is 1.36 bits per heavy atom. The van der Waals surface area contributed by atoms with E-state index in [2.05, 4.69) is 32.1 Å². The number of hydrogen-bond donors (Lipinski definition) is 1. The average Bonchev–Trinajstić information content (AvgIpc) is 2.64. The lowest BCUT2D eigenvalue weighted by atomic mass is 9.75. The molecule has 28 heavy (non-hydrogen) atoms. The summed E-state index contributed by atoms with van der Waals surface area (Å²) in [6.07, 6.45) is 5.89. The van der Waals surface area contributed by atoms with E-state index < -0.39 is 0 Å². The van der Waals surface area contributed by atoms with E-state index in [4.69, 9.17) is 10.5 Å². The van der Waals surface area contributed by atoms with Gasteiger partial charge in [-0.05, 0) is 69.4 Å². The van der Waals surface area contributed by atoms with Crippen molar-refractivity contribution < 1.29 is 9.53 Å². The zero-order chi connectivity index (χ0) is 20.8. The van der Waals surface area contributed by atoms with Gasteiger partial charge in [0.1, 0.15) is 0 Å². The van der Waals surface area contributed by atoms with Crippen LogP contribution in [-0.2, 0) is 9.53 Å². The van der Waals surface area contributed by atoms with Gasteiger partial charge in [0, 0.05) is 23.8 Å². The molecule has 1 aromatic rings. The lowest BCUT2D eigenvalue weighted by Gasteiger charge is -2.32. The number of allylic oxidation sites excluding steroid dienone is 4. The van der Waals surface area contributed by atoms with E-state index >= 15 is 0 Å². The maximum Gasteiger partial charge on any atom is 0.158 e. The Balaban J connectivity index is 2.71. The molecule has 4 nitrogen and oxygen atoms in total. The van der Waals surface area contributed by atoms with Gasteiger partial charge in [-0.2, -0.15) is 5.26 Å². The van der Waals surface area contributed by atoms with Crippen LogP contribution in [-0.4, -0.2) is 18.5 Å². The quantitative estimate of drug-likeness (QED) is 0.689. The molecule has 0 fully saturated rings. The Labute approximate surface area is 168 Å². The van der Waals surface area contributed by atoms with Gasteiger partial charge in [-0.1, -0.05) is 30.7 Å². The summed E-state index contributed by atoms with van der Waals surface area (Å²) >= 11 is 0. The average molecular weight is 379 g/mol. The summed E-state index contributed by atoms with van der Waals surface area (Å²) in [4.78, 5) is 12.6. The van der Waals surface area contributed by atoms with Crippen molar-refractivity contribution in [3.63, 3.8) is 0 Å². The predicted octanol–water partition coefficient (Wildman–Crippen LogP) is 4.84. The maximum absolute atomic E-state index is 12.6. The van der Waals surface area contributed by atoms with E-state index in [1.807, 2.05) is 19.1 Å². The number of Topliss-reactive ketones (excluding diaryl/α,β-unsaturated/α-hetero) is 1. The number of nitrogens with zero attached hydrogens (tertiary/aromatic N) is 1. The third-order valence-corrected chi connectivity index (χ3v) is 5.08. The molecule has 0 saturated heterocycles. The molecule has 0 saturated carbocycles. The summed E-state index contributed by atoms with van der Waals surface area (Å²) in [5.41, 5.74) is 12.1. The highest BCUT2D eigenvalue weighted by Gasteiger charge is 2.32. The number of hydrogen-bond acceptors (Lipinski definition) is 4. The summed E-state index contributed by atoms with van der Waals surface area (Å²) in [5.74, 6) is -0.336. The lowest BCUT2D eigenvalue weighted by Crippen LogP contribution is -2.27. The lowest BCUT2D eigenvalue weighted by molar-refractivity contribution is -0.113. The molecule has 0 spiro atoms. The van der Waals surface area contributed by atoms with Crippen LogP contribution in [0, 0.1) is 18.3 Å². The zero-order valence-electron chi connectivity index (χ0n) is 17.5. The van der Waals surface area contributed by atoms with Crippen LogP contribution in [0.15, 0.2) is 52.8 Å². The summed E-state index contributed by atoms with van der Waals surface area (Å²) in [6.45, 7) is 10.1. The molecule has 1 aliphatic rings. The Morgan fingerprint density at radius 3 is 2.61 bits per heavy atom. The second-order valence-corrected chi connectivity index (χ2v) is 7.46. The zero-order valence-corrected chi connectivity index (χ0v) is 17.5. The van der Waals surface area contributed by atoms with Crippen molar-refractivity contribution in [1.82, 2.24) is 0 Å². The molecule has 1 aromatic carbocycles. The van der Waals surface area contributed by atoms with Crippen molar-refractivity contribution in [2.24, 2.45) is 5.73 Å². The number of carbonyl (C=O) groups is 1. The van der Waals surface area contributed by atoms with Gasteiger partial charge in [0.05, 0.1) is 17.7 Å². The number of nitrogens with two attached hydrogens (primary N) is 1. The van der Waals surface area contributed by atoms with Crippen LogP contribution in [0.3, 0.4) is 0 Å². The van der Waals surface area contributed by atoms with Gasteiger partial charge in [-0.15, -0.1) is 0 Å². The van der Waals surface area contributed by atoms with Crippen molar-refractivity contribution in [3.05, 3.63) is 69.5 Å². The molecule has 4 heteroatoms. The number of nitriles is 1. The second kappa shape index (κ2) is 9.52. The van der Waals surface area contributed by atoms with E-state index in [0.29, 0.717) is 23.4 Å². The first kappa shape index (κ1) is 21.7. The van der Waals surface area contributed by atoms with Crippen LogP contribution < -0.4 is 5.73 Å². The van der Waals surface area contributed by atoms with Crippen LogP contribution in [0.5, 0.6) is 0 Å². The highest BCUT2D eigenvalue weighted by Crippen LogP contribution is 2.40. The monoisotopic (exact) mass is 378 g/mol. The van der Waals surface area contributed by atoms with Crippen molar-refractivity contribution in [2.45, 2.75) is 59.5 Å². The van der Waals surface area contributed by atoms with Crippen LogP contribution >= 0.6 is 0 Å². The fourth-order valence-electron chi connectivity index (χ4n) is 3.82. The molecular formula is C24H30N2O2. The number of ether oxygens (including phenoxy) is 1. The largest absolute Gasteiger partial charge is 0.402 e. The third kappa shape index (κ3) is 4.79. The minimum absolute atomic E-state index is 0.0453. The Hall–Kier alpha value is -2.64. The first-order chi connectivity index (χ1) is 13.3. The highest BCUT2D eigenvalue weighted by molar-refractivity contribution is 5.96. The molecule has 2 N–H and O–H groups in total. The summed E-state index contributed by atoms with van der Waals surface area (Å²) < 4.78 is 6.15. The summed E-state index contributed by atoms with van der Waals surface area (Å²) in [7, 11) is 0. The van der Waals surface area contributed by atoms with Gasteiger partial charge in [0.25, 0.3) is 0 Å². The highest BCUT2D eigenvalue weighted by atomic mass is 16.5. The molecule has 0 bridgehead atoms.